The van der Waals surface area contributed by atoms with E-state index in [9.17, 15) is 9.59 Å². The molecule has 154 valence electrons. The monoisotopic (exact) mass is 396 g/mol. The molecule has 2 aromatic heterocycles. The van der Waals surface area contributed by atoms with Crippen LogP contribution >= 0.6 is 0 Å². The molecular formula is C22H28N4O3. The molecule has 1 amide bonds. The van der Waals surface area contributed by atoms with Gasteiger partial charge in [0.1, 0.15) is 5.52 Å². The quantitative estimate of drug-likeness (QED) is 0.400. The van der Waals surface area contributed by atoms with Crippen molar-refractivity contribution in [2.24, 2.45) is 17.8 Å². The van der Waals surface area contributed by atoms with Crippen LogP contribution in [0.3, 0.4) is 0 Å². The van der Waals surface area contributed by atoms with Gasteiger partial charge in [0.15, 0.2) is 11.4 Å². The number of nitrogens with one attached hydrogen (secondary N) is 1. The predicted molar refractivity (Wildman–Crippen MR) is 110 cm³/mol. The summed E-state index contributed by atoms with van der Waals surface area (Å²) in [6, 6.07) is 0. The summed E-state index contributed by atoms with van der Waals surface area (Å²) in [4.78, 5) is 38.9. The van der Waals surface area contributed by atoms with Gasteiger partial charge in [0, 0.05) is 39.4 Å². The molecule has 1 aliphatic heterocycles. The van der Waals surface area contributed by atoms with Gasteiger partial charge in [0.25, 0.3) is 0 Å². The minimum absolute atomic E-state index is 0.00858. The molecule has 1 N–H and O–H groups in total. The number of H-pyrrole nitrogens is 1. The maximum absolute atomic E-state index is 12.6. The lowest BCUT2D eigenvalue weighted by molar-refractivity contribution is -0.125. The molecule has 2 aromatic rings. The molecule has 4 rings (SSSR count). The number of carbonyl (C=O) groups excluding carboxylic acids is 2. The zero-order chi connectivity index (χ0) is 20.4. The Labute approximate surface area is 170 Å². The summed E-state index contributed by atoms with van der Waals surface area (Å²) in [7, 11) is 1.63. The van der Waals surface area contributed by atoms with Crippen molar-refractivity contribution < 1.29 is 14.3 Å². The number of ether oxygens (including phenoxy) is 1. The van der Waals surface area contributed by atoms with E-state index in [0.717, 1.165) is 25.2 Å². The highest BCUT2D eigenvalue weighted by Gasteiger charge is 2.43. The third-order valence-corrected chi connectivity index (χ3v) is 6.16. The molecule has 3 heterocycles. The minimum Gasteiger partial charge on any atom is -0.385 e. The van der Waals surface area contributed by atoms with Crippen LogP contribution in [0.5, 0.6) is 0 Å². The van der Waals surface area contributed by atoms with E-state index in [1.165, 1.54) is 18.9 Å². The number of carbonyl (C=O) groups is 2. The summed E-state index contributed by atoms with van der Waals surface area (Å²) in [5.74, 6) is 1.66. The number of likely N-dealkylation sites (tertiary alicyclic amines) is 1. The number of Topliss-reactive ketones (excluding diaryl/α,β-unsaturated/α-hetero) is 1. The first-order chi connectivity index (χ1) is 14.1. The third kappa shape index (κ3) is 4.24. The van der Waals surface area contributed by atoms with Crippen LogP contribution in [0.2, 0.25) is 0 Å². The highest BCUT2D eigenvalue weighted by molar-refractivity contribution is 6.05. The molecule has 0 radical (unpaired) electrons. The summed E-state index contributed by atoms with van der Waals surface area (Å²) in [5.41, 5.74) is 2.76. The van der Waals surface area contributed by atoms with Crippen molar-refractivity contribution >= 4 is 22.9 Å². The number of rotatable bonds is 9. The van der Waals surface area contributed by atoms with E-state index in [4.69, 9.17) is 9.72 Å². The summed E-state index contributed by atoms with van der Waals surface area (Å²) in [6.07, 6.45) is 9.29. The Hall–Kier alpha value is -2.54. The number of aromatic nitrogens is 3. The molecule has 2 atom stereocenters. The highest BCUT2D eigenvalue weighted by Crippen LogP contribution is 2.44. The average molecular weight is 396 g/mol. The molecule has 29 heavy (non-hydrogen) atoms. The van der Waals surface area contributed by atoms with Gasteiger partial charge in [-0.2, -0.15) is 0 Å². The van der Waals surface area contributed by atoms with Gasteiger partial charge >= 0.3 is 0 Å². The molecule has 7 heteroatoms. The fourth-order valence-electron chi connectivity index (χ4n) is 4.50. The number of ketones is 1. The number of nitrogens with zero attached hydrogens (tertiary/aromatic N) is 3. The molecule has 0 aromatic carbocycles. The van der Waals surface area contributed by atoms with E-state index in [-0.39, 0.29) is 11.7 Å². The lowest BCUT2D eigenvalue weighted by Crippen LogP contribution is -2.27. The van der Waals surface area contributed by atoms with Crippen LogP contribution in [0.25, 0.3) is 11.2 Å². The summed E-state index contributed by atoms with van der Waals surface area (Å²) in [5, 5.41) is 0. The standard InChI is InChI=1S/C22H28N4O3/c1-3-20(28)26-12-15(18(13-26)14-6-7-14)9-16-10-23-22-21(25-16)17(11-24-22)19(27)5-4-8-29-2/h3,10-11,14-15,18H,1,4-9,12-13H2,2H3,(H,23,24)/t15-,18-/m0/s1. The Bertz CT molecular complexity index is 918. The van der Waals surface area contributed by atoms with Crippen LogP contribution in [-0.4, -0.2) is 58.3 Å². The van der Waals surface area contributed by atoms with Crippen molar-refractivity contribution in [3.05, 3.63) is 36.3 Å². The maximum atomic E-state index is 12.6. The Morgan fingerprint density at radius 3 is 2.93 bits per heavy atom. The van der Waals surface area contributed by atoms with Crippen LogP contribution in [0.1, 0.15) is 41.7 Å². The van der Waals surface area contributed by atoms with Crippen molar-refractivity contribution in [1.82, 2.24) is 19.9 Å². The lowest BCUT2D eigenvalue weighted by atomic mass is 9.88. The summed E-state index contributed by atoms with van der Waals surface area (Å²) < 4.78 is 5.04. The molecular weight excluding hydrogens is 368 g/mol. The van der Waals surface area contributed by atoms with Crippen LogP contribution < -0.4 is 0 Å². The smallest absolute Gasteiger partial charge is 0.245 e. The van der Waals surface area contributed by atoms with Crippen LogP contribution in [0.4, 0.5) is 0 Å². The van der Waals surface area contributed by atoms with Crippen LogP contribution in [0, 0.1) is 17.8 Å². The topological polar surface area (TPSA) is 88.2 Å². The van der Waals surface area contributed by atoms with E-state index in [1.54, 1.807) is 19.5 Å². The molecule has 1 saturated carbocycles. The number of hydrogen-bond donors (Lipinski definition) is 1. The van der Waals surface area contributed by atoms with E-state index in [0.29, 0.717) is 53.9 Å². The van der Waals surface area contributed by atoms with Gasteiger partial charge in [0.05, 0.1) is 17.5 Å². The predicted octanol–water partition coefficient (Wildman–Crippen LogP) is 2.78. The van der Waals surface area contributed by atoms with Crippen molar-refractivity contribution in [1.29, 1.82) is 0 Å². The second-order valence-electron chi connectivity index (χ2n) is 8.19. The molecule has 0 bridgehead atoms. The Kier molecular flexibility index (Phi) is 5.76. The number of aromatic amines is 1. The SMILES string of the molecule is C=CC(=O)N1C[C@H](Cc2cnc3[nH]cc(C(=O)CCCOC)c3n2)[C@H](C2CC2)C1. The van der Waals surface area contributed by atoms with Gasteiger partial charge in [-0.1, -0.05) is 6.58 Å². The fourth-order valence-corrected chi connectivity index (χ4v) is 4.50. The largest absolute Gasteiger partial charge is 0.385 e. The highest BCUT2D eigenvalue weighted by atomic mass is 16.5. The number of fused-ring (bicyclic) bond motifs is 1. The van der Waals surface area contributed by atoms with Crippen LogP contribution in [-0.2, 0) is 16.0 Å². The summed E-state index contributed by atoms with van der Waals surface area (Å²) >= 11 is 0. The first kappa shape index (κ1) is 19.8. The molecule has 2 aliphatic rings. The van der Waals surface area contributed by atoms with Crippen molar-refractivity contribution in [3.8, 4) is 0 Å². The molecule has 2 fully saturated rings. The molecule has 1 saturated heterocycles. The molecule has 0 spiro atoms. The minimum atomic E-state index is 0.00858. The van der Waals surface area contributed by atoms with Crippen molar-refractivity contribution in [2.45, 2.75) is 32.1 Å². The van der Waals surface area contributed by atoms with E-state index in [2.05, 4.69) is 16.5 Å². The van der Waals surface area contributed by atoms with Gasteiger partial charge in [-0.3, -0.25) is 9.59 Å². The Morgan fingerprint density at radius 2 is 2.21 bits per heavy atom. The van der Waals surface area contributed by atoms with Crippen LogP contribution in [0.15, 0.2) is 25.0 Å². The molecule has 0 unspecified atom stereocenters. The zero-order valence-corrected chi connectivity index (χ0v) is 16.9. The normalized spacial score (nSPS) is 21.6. The fraction of sp³-hybridized carbons (Fsp3) is 0.545. The second-order valence-corrected chi connectivity index (χ2v) is 8.19. The Morgan fingerprint density at radius 1 is 1.38 bits per heavy atom. The lowest BCUT2D eigenvalue weighted by Gasteiger charge is -2.16. The molecule has 1 aliphatic carbocycles. The van der Waals surface area contributed by atoms with Gasteiger partial charge in [0.2, 0.25) is 5.91 Å². The second kappa shape index (κ2) is 8.45. The first-order valence-corrected chi connectivity index (χ1v) is 10.4. The summed E-state index contributed by atoms with van der Waals surface area (Å²) in [6.45, 7) is 5.74. The zero-order valence-electron chi connectivity index (χ0n) is 16.9. The van der Waals surface area contributed by atoms with Gasteiger partial charge in [-0.05, 0) is 49.5 Å². The van der Waals surface area contributed by atoms with Gasteiger partial charge in [-0.25, -0.2) is 9.97 Å². The average Bonchev–Trinajstić information content (AvgIpc) is 3.35. The first-order valence-electron chi connectivity index (χ1n) is 10.4. The van der Waals surface area contributed by atoms with E-state index in [1.807, 2.05) is 4.90 Å². The van der Waals surface area contributed by atoms with E-state index >= 15 is 0 Å². The number of amides is 1. The molecule has 7 nitrogen and oxygen atoms in total. The van der Waals surface area contributed by atoms with Crippen molar-refractivity contribution in [2.75, 3.05) is 26.8 Å². The van der Waals surface area contributed by atoms with Gasteiger partial charge in [-0.15, -0.1) is 0 Å². The Balaban J connectivity index is 1.51. The van der Waals surface area contributed by atoms with Crippen molar-refractivity contribution in [3.63, 3.8) is 0 Å². The van der Waals surface area contributed by atoms with Gasteiger partial charge < -0.3 is 14.6 Å². The van der Waals surface area contributed by atoms with E-state index < -0.39 is 0 Å². The third-order valence-electron chi connectivity index (χ3n) is 6.16. The number of methoxy groups -OCH3 is 1. The maximum Gasteiger partial charge on any atom is 0.245 e. The number of hydrogen-bond acceptors (Lipinski definition) is 5.